The number of thioether (sulfide) groups is 1. The van der Waals surface area contributed by atoms with Crippen molar-refractivity contribution in [1.29, 1.82) is 0 Å². The number of para-hydroxylation sites is 2. The third-order valence-electron chi connectivity index (χ3n) is 2.98. The number of anilines is 1. The summed E-state index contributed by atoms with van der Waals surface area (Å²) in [5.41, 5.74) is 6.29. The molecule has 0 fully saturated rings. The minimum Gasteiger partial charge on any atom is -0.486 e. The average molecular weight is 308 g/mol. The van der Waals surface area contributed by atoms with Crippen LogP contribution in [-0.4, -0.2) is 18.5 Å². The van der Waals surface area contributed by atoms with Gasteiger partial charge in [-0.2, -0.15) is 0 Å². The summed E-state index contributed by atoms with van der Waals surface area (Å²) >= 11 is 7.69. The number of hydrogen-bond donors (Lipinski definition) is 1. The van der Waals surface area contributed by atoms with Crippen molar-refractivity contribution in [1.82, 2.24) is 0 Å². The van der Waals surface area contributed by atoms with Crippen molar-refractivity contribution in [2.24, 2.45) is 0 Å². The van der Waals surface area contributed by atoms with Gasteiger partial charge < -0.3 is 15.2 Å². The number of ether oxygens (including phenoxy) is 2. The number of fused-ring (bicyclic) bond motifs is 1. The second-order valence-electron chi connectivity index (χ2n) is 4.49. The summed E-state index contributed by atoms with van der Waals surface area (Å²) < 4.78 is 11.6. The lowest BCUT2D eigenvalue weighted by molar-refractivity contribution is 0.107. The Morgan fingerprint density at radius 2 is 2.00 bits per heavy atom. The van der Waals surface area contributed by atoms with E-state index in [0.717, 1.165) is 22.1 Å². The molecular formula is C15H14ClNO2S. The Morgan fingerprint density at radius 3 is 2.80 bits per heavy atom. The van der Waals surface area contributed by atoms with Crippen molar-refractivity contribution in [3.63, 3.8) is 0 Å². The van der Waals surface area contributed by atoms with Gasteiger partial charge >= 0.3 is 0 Å². The maximum atomic E-state index is 6.01. The summed E-state index contributed by atoms with van der Waals surface area (Å²) in [5.74, 6) is 2.41. The minimum atomic E-state index is 0.0335. The lowest BCUT2D eigenvalue weighted by atomic mass is 10.3. The summed E-state index contributed by atoms with van der Waals surface area (Å²) in [6, 6.07) is 13.4. The molecule has 2 aromatic rings. The van der Waals surface area contributed by atoms with Crippen LogP contribution in [0.4, 0.5) is 5.69 Å². The van der Waals surface area contributed by atoms with Crippen LogP contribution in [0.5, 0.6) is 11.5 Å². The highest BCUT2D eigenvalue weighted by molar-refractivity contribution is 7.99. The van der Waals surface area contributed by atoms with E-state index in [1.807, 2.05) is 42.5 Å². The molecule has 0 saturated heterocycles. The number of hydrogen-bond acceptors (Lipinski definition) is 4. The Balaban J connectivity index is 1.61. The summed E-state index contributed by atoms with van der Waals surface area (Å²) in [5, 5.41) is 0.584. The van der Waals surface area contributed by atoms with Gasteiger partial charge in [-0.15, -0.1) is 11.8 Å². The molecule has 5 heteroatoms. The largest absolute Gasteiger partial charge is 0.486 e. The van der Waals surface area contributed by atoms with E-state index in [0.29, 0.717) is 17.3 Å². The molecule has 3 nitrogen and oxygen atoms in total. The molecule has 0 aromatic heterocycles. The van der Waals surface area contributed by atoms with Crippen molar-refractivity contribution in [2.75, 3.05) is 18.1 Å². The second kappa shape index (κ2) is 5.85. The number of benzene rings is 2. The van der Waals surface area contributed by atoms with Crippen LogP contribution < -0.4 is 15.2 Å². The fourth-order valence-corrected chi connectivity index (χ4v) is 3.09. The van der Waals surface area contributed by atoms with Crippen LogP contribution in [0.3, 0.4) is 0 Å². The average Bonchev–Trinajstić information content (AvgIpc) is 2.48. The van der Waals surface area contributed by atoms with Gasteiger partial charge in [-0.3, -0.25) is 0 Å². The molecular weight excluding hydrogens is 294 g/mol. The molecule has 1 aliphatic heterocycles. The molecule has 104 valence electrons. The first-order valence-corrected chi connectivity index (χ1v) is 7.65. The zero-order valence-electron chi connectivity index (χ0n) is 10.7. The number of rotatable bonds is 3. The lowest BCUT2D eigenvalue weighted by Crippen LogP contribution is -2.31. The fourth-order valence-electron chi connectivity index (χ4n) is 1.93. The maximum Gasteiger partial charge on any atom is 0.161 e. The Kier molecular flexibility index (Phi) is 3.94. The van der Waals surface area contributed by atoms with E-state index in [-0.39, 0.29) is 6.10 Å². The molecule has 3 rings (SSSR count). The summed E-state index contributed by atoms with van der Waals surface area (Å²) in [6.45, 7) is 0.562. The Bertz CT molecular complexity index is 621. The smallest absolute Gasteiger partial charge is 0.161 e. The molecule has 0 aliphatic carbocycles. The van der Waals surface area contributed by atoms with E-state index in [2.05, 4.69) is 0 Å². The summed E-state index contributed by atoms with van der Waals surface area (Å²) in [7, 11) is 0. The number of halogens is 1. The number of nitrogen functional groups attached to an aromatic ring is 1. The molecule has 2 aromatic carbocycles. The first kappa shape index (κ1) is 13.5. The Hall–Kier alpha value is -1.52. The van der Waals surface area contributed by atoms with E-state index < -0.39 is 0 Å². The molecule has 1 heterocycles. The maximum absolute atomic E-state index is 6.01. The SMILES string of the molecule is Nc1ccc(SCC2COc3ccccc3O2)cc1Cl. The third kappa shape index (κ3) is 2.97. The highest BCUT2D eigenvalue weighted by atomic mass is 35.5. The zero-order chi connectivity index (χ0) is 13.9. The van der Waals surface area contributed by atoms with Crippen LogP contribution >= 0.6 is 23.4 Å². The van der Waals surface area contributed by atoms with Crippen LogP contribution in [-0.2, 0) is 0 Å². The highest BCUT2D eigenvalue weighted by Crippen LogP contribution is 2.33. The zero-order valence-corrected chi connectivity index (χ0v) is 12.3. The van der Waals surface area contributed by atoms with Crippen LogP contribution in [0.15, 0.2) is 47.4 Å². The van der Waals surface area contributed by atoms with Gasteiger partial charge in [-0.1, -0.05) is 23.7 Å². The lowest BCUT2D eigenvalue weighted by Gasteiger charge is -2.26. The first-order chi connectivity index (χ1) is 9.72. The quantitative estimate of drug-likeness (QED) is 0.691. The van der Waals surface area contributed by atoms with E-state index in [9.17, 15) is 0 Å². The van der Waals surface area contributed by atoms with Gasteiger partial charge in [-0.25, -0.2) is 0 Å². The molecule has 20 heavy (non-hydrogen) atoms. The Morgan fingerprint density at radius 1 is 1.20 bits per heavy atom. The van der Waals surface area contributed by atoms with Gasteiger partial charge in [0.15, 0.2) is 11.5 Å². The predicted octanol–water partition coefficient (Wildman–Crippen LogP) is 3.85. The summed E-state index contributed by atoms with van der Waals surface area (Å²) in [4.78, 5) is 1.08. The molecule has 0 saturated carbocycles. The van der Waals surface area contributed by atoms with Crippen molar-refractivity contribution in [3.05, 3.63) is 47.5 Å². The highest BCUT2D eigenvalue weighted by Gasteiger charge is 2.20. The molecule has 0 radical (unpaired) electrons. The monoisotopic (exact) mass is 307 g/mol. The van der Waals surface area contributed by atoms with Gasteiger partial charge in [0.05, 0.1) is 10.7 Å². The van der Waals surface area contributed by atoms with E-state index in [4.69, 9.17) is 26.8 Å². The van der Waals surface area contributed by atoms with E-state index >= 15 is 0 Å². The molecule has 0 amide bonds. The van der Waals surface area contributed by atoms with Gasteiger partial charge in [0.25, 0.3) is 0 Å². The van der Waals surface area contributed by atoms with E-state index in [1.165, 1.54) is 0 Å². The third-order valence-corrected chi connectivity index (χ3v) is 4.43. The second-order valence-corrected chi connectivity index (χ2v) is 5.99. The Labute approximate surface area is 127 Å². The van der Waals surface area contributed by atoms with Gasteiger partial charge in [-0.05, 0) is 30.3 Å². The normalized spacial score (nSPS) is 16.9. The number of nitrogens with two attached hydrogens (primary N) is 1. The minimum absolute atomic E-state index is 0.0335. The van der Waals surface area contributed by atoms with Gasteiger partial charge in [0, 0.05) is 10.6 Å². The van der Waals surface area contributed by atoms with Gasteiger partial charge in [0.1, 0.15) is 12.7 Å². The molecule has 0 bridgehead atoms. The molecule has 0 spiro atoms. The van der Waals surface area contributed by atoms with Crippen molar-refractivity contribution in [2.45, 2.75) is 11.0 Å². The first-order valence-electron chi connectivity index (χ1n) is 6.28. The van der Waals surface area contributed by atoms with Crippen LogP contribution in [0.1, 0.15) is 0 Å². The van der Waals surface area contributed by atoms with Crippen molar-refractivity contribution >= 4 is 29.1 Å². The molecule has 2 N–H and O–H groups in total. The van der Waals surface area contributed by atoms with Gasteiger partial charge in [0.2, 0.25) is 0 Å². The molecule has 1 aliphatic rings. The van der Waals surface area contributed by atoms with Crippen molar-refractivity contribution < 1.29 is 9.47 Å². The topological polar surface area (TPSA) is 44.5 Å². The summed E-state index contributed by atoms with van der Waals surface area (Å²) in [6.07, 6.45) is 0.0335. The van der Waals surface area contributed by atoms with Crippen molar-refractivity contribution in [3.8, 4) is 11.5 Å². The molecule has 1 atom stereocenters. The van der Waals surface area contributed by atoms with E-state index in [1.54, 1.807) is 11.8 Å². The predicted molar refractivity (Wildman–Crippen MR) is 82.9 cm³/mol. The fraction of sp³-hybridized carbons (Fsp3) is 0.200. The van der Waals surface area contributed by atoms with Crippen LogP contribution in [0, 0.1) is 0 Å². The van der Waals surface area contributed by atoms with Crippen LogP contribution in [0.25, 0.3) is 0 Å². The van der Waals surface area contributed by atoms with Crippen LogP contribution in [0.2, 0.25) is 5.02 Å². The molecule has 1 unspecified atom stereocenters. The standard InChI is InChI=1S/C15H14ClNO2S/c16-12-7-11(5-6-13(12)17)20-9-10-8-18-14-3-1-2-4-15(14)19-10/h1-7,10H,8-9,17H2.